The molecule has 1 aliphatic carbocycles. The molecule has 90 valence electrons. The van der Waals surface area contributed by atoms with Crippen LogP contribution in [0.15, 0.2) is 71.9 Å². The van der Waals surface area contributed by atoms with Gasteiger partial charge in [-0.25, -0.2) is 0 Å². The molecule has 19 heavy (non-hydrogen) atoms. The normalized spacial score (nSPS) is 13.4. The van der Waals surface area contributed by atoms with Crippen molar-refractivity contribution in [3.05, 3.63) is 77.4 Å². The number of nitriles is 2. The summed E-state index contributed by atoms with van der Waals surface area (Å²) in [6.07, 6.45) is 11.6. The minimum absolute atomic E-state index is 0.00858. The lowest BCUT2D eigenvalue weighted by atomic mass is 9.95. The molecule has 0 radical (unpaired) electrons. The third-order valence-corrected chi connectivity index (χ3v) is 2.87. The molecule has 0 saturated carbocycles. The van der Waals surface area contributed by atoms with Gasteiger partial charge in [0.05, 0.1) is 0 Å². The van der Waals surface area contributed by atoms with E-state index in [-0.39, 0.29) is 11.5 Å². The molecule has 0 heterocycles. The zero-order valence-corrected chi connectivity index (χ0v) is 10.3. The summed E-state index contributed by atoms with van der Waals surface area (Å²) in [7, 11) is 0. The van der Waals surface area contributed by atoms with Crippen LogP contribution in [0.2, 0.25) is 0 Å². The van der Waals surface area contributed by atoms with Gasteiger partial charge in [0.1, 0.15) is 17.7 Å². The fourth-order valence-corrected chi connectivity index (χ4v) is 1.90. The van der Waals surface area contributed by atoms with E-state index in [9.17, 15) is 0 Å². The molecule has 0 fully saturated rings. The SMILES string of the molecule is N#CC(C#N)=C(/C=C/c1ccccc1)C1C=CC=C1. The minimum Gasteiger partial charge on any atom is -0.192 e. The van der Waals surface area contributed by atoms with Crippen molar-refractivity contribution >= 4 is 6.08 Å². The highest BCUT2D eigenvalue weighted by molar-refractivity contribution is 5.58. The van der Waals surface area contributed by atoms with Gasteiger partial charge in [-0.1, -0.05) is 66.8 Å². The van der Waals surface area contributed by atoms with Crippen LogP contribution in [-0.4, -0.2) is 0 Å². The van der Waals surface area contributed by atoms with E-state index in [0.29, 0.717) is 0 Å². The fraction of sp³-hybridized carbons (Fsp3) is 0.0588. The van der Waals surface area contributed by atoms with Gasteiger partial charge in [0, 0.05) is 5.92 Å². The van der Waals surface area contributed by atoms with Crippen molar-refractivity contribution in [3.63, 3.8) is 0 Å². The summed E-state index contributed by atoms with van der Waals surface area (Å²) in [4.78, 5) is 0. The first-order chi connectivity index (χ1) is 9.35. The van der Waals surface area contributed by atoms with Gasteiger partial charge in [0.2, 0.25) is 0 Å². The molecule has 0 atom stereocenters. The summed E-state index contributed by atoms with van der Waals surface area (Å²) in [5, 5.41) is 18.1. The van der Waals surface area contributed by atoms with Crippen LogP contribution in [0.5, 0.6) is 0 Å². The number of rotatable bonds is 3. The van der Waals surface area contributed by atoms with E-state index in [0.717, 1.165) is 11.1 Å². The van der Waals surface area contributed by atoms with Crippen LogP contribution in [0, 0.1) is 28.6 Å². The van der Waals surface area contributed by atoms with E-state index in [1.54, 1.807) is 0 Å². The molecule has 0 bridgehead atoms. The molecule has 0 unspecified atom stereocenters. The van der Waals surface area contributed by atoms with Crippen molar-refractivity contribution in [2.75, 3.05) is 0 Å². The average Bonchev–Trinajstić information content (AvgIpc) is 2.98. The van der Waals surface area contributed by atoms with Crippen LogP contribution >= 0.6 is 0 Å². The first-order valence-electron chi connectivity index (χ1n) is 5.97. The quantitative estimate of drug-likeness (QED) is 0.600. The standard InChI is InChI=1S/C17H12N2/c18-12-16(13-19)17(15-8-4-5-9-15)11-10-14-6-2-1-3-7-14/h1-11,15H/b11-10+. The third-order valence-electron chi connectivity index (χ3n) is 2.87. The van der Waals surface area contributed by atoms with Crippen LogP contribution in [-0.2, 0) is 0 Å². The maximum atomic E-state index is 9.04. The lowest BCUT2D eigenvalue weighted by Gasteiger charge is -2.07. The van der Waals surface area contributed by atoms with Crippen molar-refractivity contribution in [3.8, 4) is 12.1 Å². The van der Waals surface area contributed by atoms with Crippen LogP contribution in [0.25, 0.3) is 6.08 Å². The second kappa shape index (κ2) is 6.19. The first-order valence-corrected chi connectivity index (χ1v) is 5.97. The molecular weight excluding hydrogens is 232 g/mol. The molecule has 1 aromatic carbocycles. The van der Waals surface area contributed by atoms with Crippen molar-refractivity contribution in [2.45, 2.75) is 0 Å². The third kappa shape index (κ3) is 3.09. The number of allylic oxidation sites excluding steroid dienone is 7. The van der Waals surface area contributed by atoms with E-state index < -0.39 is 0 Å². The highest BCUT2D eigenvalue weighted by Crippen LogP contribution is 2.24. The zero-order valence-electron chi connectivity index (χ0n) is 10.3. The number of benzene rings is 1. The Morgan fingerprint density at radius 1 is 1.00 bits per heavy atom. The summed E-state index contributed by atoms with van der Waals surface area (Å²) in [6.45, 7) is 0. The van der Waals surface area contributed by atoms with Gasteiger partial charge in [-0.3, -0.25) is 0 Å². The summed E-state index contributed by atoms with van der Waals surface area (Å²) >= 11 is 0. The molecule has 0 aromatic heterocycles. The summed E-state index contributed by atoms with van der Waals surface area (Å²) in [5.74, 6) is 0.00858. The van der Waals surface area contributed by atoms with Crippen LogP contribution in [0.1, 0.15) is 5.56 Å². The van der Waals surface area contributed by atoms with Gasteiger partial charge in [-0.05, 0) is 11.1 Å². The molecule has 2 heteroatoms. The van der Waals surface area contributed by atoms with E-state index in [1.807, 2.05) is 78.9 Å². The molecule has 2 nitrogen and oxygen atoms in total. The van der Waals surface area contributed by atoms with Crippen LogP contribution in [0.3, 0.4) is 0 Å². The summed E-state index contributed by atoms with van der Waals surface area (Å²) < 4.78 is 0. The van der Waals surface area contributed by atoms with E-state index in [2.05, 4.69) is 0 Å². The highest BCUT2D eigenvalue weighted by Gasteiger charge is 2.13. The molecule has 2 rings (SSSR count). The minimum atomic E-state index is 0.00858. The average molecular weight is 244 g/mol. The number of hydrogen-bond acceptors (Lipinski definition) is 2. The summed E-state index contributed by atoms with van der Waals surface area (Å²) in [5.41, 5.74) is 1.94. The molecule has 0 spiro atoms. The van der Waals surface area contributed by atoms with Gasteiger partial charge in [-0.15, -0.1) is 0 Å². The largest absolute Gasteiger partial charge is 0.192 e. The molecular formula is C17H12N2. The maximum Gasteiger partial charge on any atom is 0.133 e. The molecule has 1 aliphatic rings. The van der Waals surface area contributed by atoms with E-state index >= 15 is 0 Å². The zero-order chi connectivity index (χ0) is 13.5. The lowest BCUT2D eigenvalue weighted by Crippen LogP contribution is -1.96. The Bertz CT molecular complexity index is 619. The van der Waals surface area contributed by atoms with Crippen molar-refractivity contribution in [1.82, 2.24) is 0 Å². The van der Waals surface area contributed by atoms with E-state index in [4.69, 9.17) is 10.5 Å². The maximum absolute atomic E-state index is 9.04. The molecule has 0 aliphatic heterocycles. The van der Waals surface area contributed by atoms with Crippen molar-refractivity contribution in [2.24, 2.45) is 5.92 Å². The highest BCUT2D eigenvalue weighted by atomic mass is 14.3. The molecule has 0 N–H and O–H groups in total. The topological polar surface area (TPSA) is 47.6 Å². The second-order valence-electron chi connectivity index (χ2n) is 4.09. The van der Waals surface area contributed by atoms with Crippen LogP contribution < -0.4 is 0 Å². The Morgan fingerprint density at radius 3 is 2.21 bits per heavy atom. The number of hydrogen-bond donors (Lipinski definition) is 0. The Kier molecular flexibility index (Phi) is 4.11. The smallest absolute Gasteiger partial charge is 0.133 e. The first kappa shape index (κ1) is 12.6. The predicted molar refractivity (Wildman–Crippen MR) is 75.5 cm³/mol. The number of nitrogens with zero attached hydrogens (tertiary/aromatic N) is 2. The predicted octanol–water partition coefficient (Wildman–Crippen LogP) is 3.79. The Hall–Kier alpha value is -2.84. The van der Waals surface area contributed by atoms with Gasteiger partial charge >= 0.3 is 0 Å². The molecule has 0 saturated heterocycles. The molecule has 0 amide bonds. The second-order valence-corrected chi connectivity index (χ2v) is 4.09. The van der Waals surface area contributed by atoms with Crippen molar-refractivity contribution < 1.29 is 0 Å². The van der Waals surface area contributed by atoms with Gasteiger partial charge in [0.25, 0.3) is 0 Å². The Balaban J connectivity index is 2.36. The van der Waals surface area contributed by atoms with Crippen molar-refractivity contribution in [1.29, 1.82) is 10.5 Å². The van der Waals surface area contributed by atoms with E-state index in [1.165, 1.54) is 0 Å². The van der Waals surface area contributed by atoms with Crippen LogP contribution in [0.4, 0.5) is 0 Å². The summed E-state index contributed by atoms with van der Waals surface area (Å²) in [6, 6.07) is 13.7. The fourth-order valence-electron chi connectivity index (χ4n) is 1.90. The van der Waals surface area contributed by atoms with Gasteiger partial charge < -0.3 is 0 Å². The Morgan fingerprint density at radius 2 is 1.63 bits per heavy atom. The van der Waals surface area contributed by atoms with Gasteiger partial charge in [-0.2, -0.15) is 10.5 Å². The Labute approximate surface area is 112 Å². The molecule has 1 aromatic rings. The monoisotopic (exact) mass is 244 g/mol. The lowest BCUT2D eigenvalue weighted by molar-refractivity contribution is 1.02. The van der Waals surface area contributed by atoms with Gasteiger partial charge in [0.15, 0.2) is 0 Å².